The Morgan fingerprint density at radius 2 is 2.17 bits per heavy atom. The average molecular weight is 173 g/mol. The van der Waals surface area contributed by atoms with Gasteiger partial charge in [-0.15, -0.1) is 0 Å². The number of rotatable bonds is 3. The average Bonchev–Trinajstić information content (AvgIpc) is 2.06. The minimum atomic E-state index is -0.790. The molecule has 4 heteroatoms. The zero-order chi connectivity index (χ0) is 8.97. The van der Waals surface area contributed by atoms with Gasteiger partial charge in [0, 0.05) is 19.3 Å². The predicted octanol–water partition coefficient (Wildman–Crippen LogP) is 0.228. The first-order valence-corrected chi connectivity index (χ1v) is 4.26. The number of carbonyl (C=O) groups is 1. The molecule has 1 aliphatic rings. The maximum absolute atomic E-state index is 10.5. The summed E-state index contributed by atoms with van der Waals surface area (Å²) in [4.78, 5) is 10.5. The Labute approximate surface area is 71.9 Å². The summed E-state index contributed by atoms with van der Waals surface area (Å²) in [5.74, 6) is -0.790. The largest absolute Gasteiger partial charge is 0.480 e. The van der Waals surface area contributed by atoms with Crippen LogP contribution in [0.15, 0.2) is 0 Å². The molecule has 0 amide bonds. The van der Waals surface area contributed by atoms with Gasteiger partial charge in [-0.3, -0.25) is 4.79 Å². The quantitative estimate of drug-likeness (QED) is 0.641. The lowest BCUT2D eigenvalue weighted by molar-refractivity contribution is -0.139. The zero-order valence-electron chi connectivity index (χ0n) is 7.25. The van der Waals surface area contributed by atoms with Crippen LogP contribution in [0.4, 0.5) is 0 Å². The third-order valence-corrected chi connectivity index (χ3v) is 2.08. The normalized spacial score (nSPS) is 22.1. The highest BCUT2D eigenvalue weighted by molar-refractivity contribution is 5.72. The fourth-order valence-corrected chi connectivity index (χ4v) is 1.29. The number of ether oxygens (including phenoxy) is 1. The van der Waals surface area contributed by atoms with E-state index in [1.165, 1.54) is 0 Å². The lowest BCUT2D eigenvalue weighted by atomic mass is 10.1. The molecule has 12 heavy (non-hydrogen) atoms. The van der Waals surface area contributed by atoms with Crippen molar-refractivity contribution in [1.82, 2.24) is 5.32 Å². The van der Waals surface area contributed by atoms with E-state index >= 15 is 0 Å². The maximum Gasteiger partial charge on any atom is 0.320 e. The maximum atomic E-state index is 10.5. The van der Waals surface area contributed by atoms with Crippen LogP contribution in [0.25, 0.3) is 0 Å². The van der Waals surface area contributed by atoms with Crippen molar-refractivity contribution in [2.75, 3.05) is 13.2 Å². The second kappa shape index (κ2) is 4.42. The summed E-state index contributed by atoms with van der Waals surface area (Å²) in [5, 5.41) is 11.7. The third-order valence-electron chi connectivity index (χ3n) is 2.08. The van der Waals surface area contributed by atoms with E-state index in [2.05, 4.69) is 5.32 Å². The summed E-state index contributed by atoms with van der Waals surface area (Å²) in [6.07, 6.45) is 1.83. The Hall–Kier alpha value is -0.610. The van der Waals surface area contributed by atoms with Crippen molar-refractivity contribution in [2.45, 2.75) is 31.8 Å². The first-order chi connectivity index (χ1) is 5.70. The summed E-state index contributed by atoms with van der Waals surface area (Å²) >= 11 is 0. The first kappa shape index (κ1) is 9.48. The Kier molecular flexibility index (Phi) is 3.49. The molecule has 0 bridgehead atoms. The van der Waals surface area contributed by atoms with E-state index in [0.717, 1.165) is 26.1 Å². The zero-order valence-corrected chi connectivity index (χ0v) is 7.25. The fourth-order valence-electron chi connectivity index (χ4n) is 1.29. The molecule has 1 fully saturated rings. The first-order valence-electron chi connectivity index (χ1n) is 4.26. The molecule has 0 radical (unpaired) electrons. The molecule has 1 aliphatic heterocycles. The fraction of sp³-hybridized carbons (Fsp3) is 0.875. The van der Waals surface area contributed by atoms with Gasteiger partial charge in [0.15, 0.2) is 0 Å². The number of carboxylic acids is 1. The minimum absolute atomic E-state index is 0.310. The molecule has 0 spiro atoms. The molecule has 0 aromatic carbocycles. The van der Waals surface area contributed by atoms with E-state index in [9.17, 15) is 4.79 Å². The van der Waals surface area contributed by atoms with Crippen LogP contribution in [0.5, 0.6) is 0 Å². The number of hydrogen-bond acceptors (Lipinski definition) is 3. The molecule has 0 aliphatic carbocycles. The molecule has 1 rings (SSSR count). The van der Waals surface area contributed by atoms with E-state index < -0.39 is 12.0 Å². The SMILES string of the molecule is C[C@H](NC1CCOCC1)C(=O)O. The van der Waals surface area contributed by atoms with E-state index in [1.54, 1.807) is 6.92 Å². The molecule has 4 nitrogen and oxygen atoms in total. The molecule has 1 saturated heterocycles. The van der Waals surface area contributed by atoms with Crippen LogP contribution in [0.1, 0.15) is 19.8 Å². The molecule has 1 heterocycles. The lowest BCUT2D eigenvalue weighted by Crippen LogP contribution is -2.43. The molecular formula is C8H15NO3. The Balaban J connectivity index is 2.24. The number of aliphatic carboxylic acids is 1. The van der Waals surface area contributed by atoms with Gasteiger partial charge >= 0.3 is 5.97 Å². The van der Waals surface area contributed by atoms with Crippen LogP contribution >= 0.6 is 0 Å². The molecule has 70 valence electrons. The van der Waals surface area contributed by atoms with Gasteiger partial charge in [0.2, 0.25) is 0 Å². The third kappa shape index (κ3) is 2.79. The van der Waals surface area contributed by atoms with Crippen molar-refractivity contribution in [3.05, 3.63) is 0 Å². The Bertz CT molecular complexity index is 154. The molecule has 0 aromatic rings. The highest BCUT2D eigenvalue weighted by Crippen LogP contribution is 2.06. The van der Waals surface area contributed by atoms with E-state index in [1.807, 2.05) is 0 Å². The summed E-state index contributed by atoms with van der Waals surface area (Å²) in [6.45, 7) is 3.14. The summed E-state index contributed by atoms with van der Waals surface area (Å²) < 4.78 is 5.15. The van der Waals surface area contributed by atoms with Gasteiger partial charge in [-0.25, -0.2) is 0 Å². The number of carboxylic acid groups (broad SMARTS) is 1. The molecule has 0 aromatic heterocycles. The van der Waals surface area contributed by atoms with E-state index in [0.29, 0.717) is 6.04 Å². The van der Waals surface area contributed by atoms with Crippen molar-refractivity contribution in [3.8, 4) is 0 Å². The summed E-state index contributed by atoms with van der Waals surface area (Å²) in [5.41, 5.74) is 0. The van der Waals surface area contributed by atoms with E-state index in [4.69, 9.17) is 9.84 Å². The van der Waals surface area contributed by atoms with Crippen LogP contribution in [0.2, 0.25) is 0 Å². The van der Waals surface area contributed by atoms with Gasteiger partial charge in [-0.05, 0) is 19.8 Å². The van der Waals surface area contributed by atoms with Crippen LogP contribution in [0.3, 0.4) is 0 Å². The Morgan fingerprint density at radius 1 is 1.58 bits per heavy atom. The Morgan fingerprint density at radius 3 is 2.67 bits per heavy atom. The number of nitrogens with one attached hydrogen (secondary N) is 1. The van der Waals surface area contributed by atoms with Crippen molar-refractivity contribution in [1.29, 1.82) is 0 Å². The molecular weight excluding hydrogens is 158 g/mol. The molecule has 2 N–H and O–H groups in total. The van der Waals surface area contributed by atoms with Gasteiger partial charge in [-0.1, -0.05) is 0 Å². The summed E-state index contributed by atoms with van der Waals surface area (Å²) in [7, 11) is 0. The van der Waals surface area contributed by atoms with Gasteiger partial charge in [0.05, 0.1) is 0 Å². The monoisotopic (exact) mass is 173 g/mol. The van der Waals surface area contributed by atoms with E-state index in [-0.39, 0.29) is 0 Å². The minimum Gasteiger partial charge on any atom is -0.480 e. The highest BCUT2D eigenvalue weighted by atomic mass is 16.5. The van der Waals surface area contributed by atoms with Gasteiger partial charge in [-0.2, -0.15) is 0 Å². The lowest BCUT2D eigenvalue weighted by Gasteiger charge is -2.24. The van der Waals surface area contributed by atoms with Crippen LogP contribution in [-0.4, -0.2) is 36.4 Å². The van der Waals surface area contributed by atoms with Gasteiger partial charge in [0.25, 0.3) is 0 Å². The van der Waals surface area contributed by atoms with Crippen molar-refractivity contribution < 1.29 is 14.6 Å². The van der Waals surface area contributed by atoms with Crippen LogP contribution in [-0.2, 0) is 9.53 Å². The van der Waals surface area contributed by atoms with Gasteiger partial charge < -0.3 is 15.2 Å². The van der Waals surface area contributed by atoms with Crippen molar-refractivity contribution >= 4 is 5.97 Å². The predicted molar refractivity (Wildman–Crippen MR) is 44.1 cm³/mol. The summed E-state index contributed by atoms with van der Waals surface area (Å²) in [6, 6.07) is -0.141. The second-order valence-electron chi connectivity index (χ2n) is 3.11. The van der Waals surface area contributed by atoms with Gasteiger partial charge in [0.1, 0.15) is 6.04 Å². The smallest absolute Gasteiger partial charge is 0.320 e. The standard InChI is InChI=1S/C8H15NO3/c1-6(8(10)11)9-7-2-4-12-5-3-7/h6-7,9H,2-5H2,1H3,(H,10,11)/t6-/m0/s1. The molecule has 1 atom stereocenters. The topological polar surface area (TPSA) is 58.6 Å². The van der Waals surface area contributed by atoms with Crippen LogP contribution in [0, 0.1) is 0 Å². The molecule has 0 saturated carbocycles. The van der Waals surface area contributed by atoms with Crippen LogP contribution < -0.4 is 5.32 Å². The highest BCUT2D eigenvalue weighted by Gasteiger charge is 2.18. The molecule has 0 unspecified atom stereocenters. The number of hydrogen-bond donors (Lipinski definition) is 2. The van der Waals surface area contributed by atoms with Crippen molar-refractivity contribution in [3.63, 3.8) is 0 Å². The second-order valence-corrected chi connectivity index (χ2v) is 3.11. The van der Waals surface area contributed by atoms with Crippen molar-refractivity contribution in [2.24, 2.45) is 0 Å².